The van der Waals surface area contributed by atoms with Crippen LogP contribution in [0.25, 0.3) is 0 Å². The lowest BCUT2D eigenvalue weighted by Crippen LogP contribution is -2.39. The van der Waals surface area contributed by atoms with E-state index in [0.29, 0.717) is 5.02 Å². The van der Waals surface area contributed by atoms with Crippen LogP contribution in [-0.4, -0.2) is 43.1 Å². The van der Waals surface area contributed by atoms with E-state index in [0.717, 1.165) is 0 Å². The number of rotatable bonds is 6. The molecule has 0 heterocycles. The van der Waals surface area contributed by atoms with Crippen LogP contribution in [0.4, 0.5) is 0 Å². The molecule has 2 amide bonds. The number of halogens is 1. The fourth-order valence-electron chi connectivity index (χ4n) is 1.35. The second kappa shape index (κ2) is 7.34. The van der Waals surface area contributed by atoms with Gasteiger partial charge in [0.1, 0.15) is 12.3 Å². The number of carbonyl (C=O) groups is 3. The second-order valence-corrected chi connectivity index (χ2v) is 4.13. The molecule has 0 aliphatic rings. The van der Waals surface area contributed by atoms with Gasteiger partial charge in [0.25, 0.3) is 5.91 Å². The largest absolute Gasteiger partial charge is 0.496 e. The summed E-state index contributed by atoms with van der Waals surface area (Å²) in [7, 11) is 1.39. The number of methoxy groups -OCH3 is 1. The van der Waals surface area contributed by atoms with E-state index in [-0.39, 0.29) is 17.9 Å². The highest BCUT2D eigenvalue weighted by Crippen LogP contribution is 2.22. The first-order chi connectivity index (χ1) is 9.43. The molecule has 0 unspecified atom stereocenters. The van der Waals surface area contributed by atoms with Gasteiger partial charge in [0, 0.05) is 5.02 Å². The van der Waals surface area contributed by atoms with Crippen molar-refractivity contribution in [3.63, 3.8) is 0 Å². The Morgan fingerprint density at radius 2 is 1.95 bits per heavy atom. The summed E-state index contributed by atoms with van der Waals surface area (Å²) in [6.07, 6.45) is 0. The van der Waals surface area contributed by atoms with Crippen LogP contribution in [0, 0.1) is 0 Å². The highest BCUT2D eigenvalue weighted by Gasteiger charge is 2.13. The first-order valence-electron chi connectivity index (χ1n) is 5.54. The predicted octanol–water partition coefficient (Wildman–Crippen LogP) is 0.279. The number of carboxylic acids is 1. The van der Waals surface area contributed by atoms with Crippen LogP contribution in [0.1, 0.15) is 10.4 Å². The zero-order chi connectivity index (χ0) is 15.1. The number of amides is 2. The molecule has 1 aromatic rings. The normalized spacial score (nSPS) is 9.70. The first kappa shape index (κ1) is 15.8. The zero-order valence-electron chi connectivity index (χ0n) is 10.6. The second-order valence-electron chi connectivity index (χ2n) is 3.70. The molecule has 0 fully saturated rings. The maximum absolute atomic E-state index is 11.8. The van der Waals surface area contributed by atoms with Crippen LogP contribution in [-0.2, 0) is 9.59 Å². The molecule has 7 nitrogen and oxygen atoms in total. The molecule has 0 spiro atoms. The third kappa shape index (κ3) is 4.77. The average molecular weight is 301 g/mol. The van der Waals surface area contributed by atoms with E-state index in [2.05, 4.69) is 10.6 Å². The van der Waals surface area contributed by atoms with E-state index in [4.69, 9.17) is 21.4 Å². The number of hydrogen-bond donors (Lipinski definition) is 3. The number of carbonyl (C=O) groups excluding carboxylic acids is 2. The molecule has 1 aromatic carbocycles. The van der Waals surface area contributed by atoms with Gasteiger partial charge in [0.2, 0.25) is 5.91 Å². The fraction of sp³-hybridized carbons (Fsp3) is 0.250. The molecule has 108 valence electrons. The first-order valence-corrected chi connectivity index (χ1v) is 5.92. The van der Waals surface area contributed by atoms with E-state index in [1.807, 2.05) is 0 Å². The SMILES string of the molecule is COc1cc(Cl)ccc1C(=O)NCC(=O)NCC(=O)O. The van der Waals surface area contributed by atoms with Crippen molar-refractivity contribution in [2.45, 2.75) is 0 Å². The van der Waals surface area contributed by atoms with Crippen LogP contribution >= 0.6 is 11.6 Å². The summed E-state index contributed by atoms with van der Waals surface area (Å²) in [6, 6.07) is 4.45. The number of nitrogens with one attached hydrogen (secondary N) is 2. The molecular weight excluding hydrogens is 288 g/mol. The van der Waals surface area contributed by atoms with Gasteiger partial charge in [0.15, 0.2) is 0 Å². The van der Waals surface area contributed by atoms with Gasteiger partial charge < -0.3 is 20.5 Å². The van der Waals surface area contributed by atoms with E-state index in [1.54, 1.807) is 0 Å². The monoisotopic (exact) mass is 300 g/mol. The van der Waals surface area contributed by atoms with Crippen LogP contribution in [0.3, 0.4) is 0 Å². The van der Waals surface area contributed by atoms with Crippen molar-refractivity contribution in [3.8, 4) is 5.75 Å². The molecule has 0 saturated carbocycles. The summed E-state index contributed by atoms with van der Waals surface area (Å²) in [6.45, 7) is -0.836. The van der Waals surface area contributed by atoms with Crippen molar-refractivity contribution >= 4 is 29.4 Å². The van der Waals surface area contributed by atoms with Gasteiger partial charge in [-0.2, -0.15) is 0 Å². The minimum absolute atomic E-state index is 0.225. The molecule has 0 atom stereocenters. The quantitative estimate of drug-likeness (QED) is 0.700. The van der Waals surface area contributed by atoms with Crippen molar-refractivity contribution in [3.05, 3.63) is 28.8 Å². The highest BCUT2D eigenvalue weighted by atomic mass is 35.5. The minimum atomic E-state index is -1.16. The molecule has 8 heteroatoms. The molecule has 0 aromatic heterocycles. The molecule has 0 radical (unpaired) electrons. The Labute approximate surface area is 119 Å². The summed E-state index contributed by atoms with van der Waals surface area (Å²) >= 11 is 5.77. The van der Waals surface area contributed by atoms with Gasteiger partial charge in [-0.05, 0) is 18.2 Å². The van der Waals surface area contributed by atoms with E-state index in [1.165, 1.54) is 25.3 Å². The van der Waals surface area contributed by atoms with Crippen molar-refractivity contribution in [2.75, 3.05) is 20.2 Å². The molecular formula is C12H13ClN2O5. The molecule has 0 aliphatic heterocycles. The Bertz CT molecular complexity index is 533. The topological polar surface area (TPSA) is 105 Å². The summed E-state index contributed by atoms with van der Waals surface area (Å²) in [5, 5.41) is 13.3. The third-order valence-corrected chi connectivity index (χ3v) is 2.49. The maximum Gasteiger partial charge on any atom is 0.322 e. The molecule has 0 saturated heterocycles. The minimum Gasteiger partial charge on any atom is -0.496 e. The van der Waals surface area contributed by atoms with E-state index in [9.17, 15) is 14.4 Å². The summed E-state index contributed by atoms with van der Waals surface area (Å²) in [5.41, 5.74) is 0.225. The molecule has 1 rings (SSSR count). The molecule has 0 bridgehead atoms. The summed E-state index contributed by atoms with van der Waals surface area (Å²) in [5.74, 6) is -2.01. The van der Waals surface area contributed by atoms with Gasteiger partial charge in [-0.15, -0.1) is 0 Å². The number of aliphatic carboxylic acids is 1. The lowest BCUT2D eigenvalue weighted by Gasteiger charge is -2.09. The molecule has 0 aliphatic carbocycles. The van der Waals surface area contributed by atoms with Gasteiger partial charge >= 0.3 is 5.97 Å². The molecule has 20 heavy (non-hydrogen) atoms. The lowest BCUT2D eigenvalue weighted by atomic mass is 10.2. The van der Waals surface area contributed by atoms with Crippen molar-refractivity contribution in [1.29, 1.82) is 0 Å². The highest BCUT2D eigenvalue weighted by molar-refractivity contribution is 6.30. The third-order valence-electron chi connectivity index (χ3n) is 2.25. The summed E-state index contributed by atoms with van der Waals surface area (Å²) < 4.78 is 5.01. The van der Waals surface area contributed by atoms with Crippen molar-refractivity contribution in [2.24, 2.45) is 0 Å². The Kier molecular flexibility index (Phi) is 5.79. The number of hydrogen-bond acceptors (Lipinski definition) is 4. The fourth-order valence-corrected chi connectivity index (χ4v) is 1.51. The average Bonchev–Trinajstić information content (AvgIpc) is 2.42. The van der Waals surface area contributed by atoms with Gasteiger partial charge in [-0.3, -0.25) is 14.4 Å². The Morgan fingerprint density at radius 3 is 2.55 bits per heavy atom. The summed E-state index contributed by atoms with van der Waals surface area (Å²) in [4.78, 5) is 33.3. The number of benzene rings is 1. The van der Waals surface area contributed by atoms with Crippen LogP contribution in [0.15, 0.2) is 18.2 Å². The molecule has 3 N–H and O–H groups in total. The van der Waals surface area contributed by atoms with Gasteiger partial charge in [-0.1, -0.05) is 11.6 Å². The zero-order valence-corrected chi connectivity index (χ0v) is 11.4. The smallest absolute Gasteiger partial charge is 0.322 e. The van der Waals surface area contributed by atoms with Crippen molar-refractivity contribution in [1.82, 2.24) is 10.6 Å². The Morgan fingerprint density at radius 1 is 1.25 bits per heavy atom. The van der Waals surface area contributed by atoms with Crippen LogP contribution in [0.5, 0.6) is 5.75 Å². The number of carboxylic acid groups (broad SMARTS) is 1. The van der Waals surface area contributed by atoms with Crippen LogP contribution < -0.4 is 15.4 Å². The number of ether oxygens (including phenoxy) is 1. The van der Waals surface area contributed by atoms with E-state index < -0.39 is 24.3 Å². The van der Waals surface area contributed by atoms with Crippen molar-refractivity contribution < 1.29 is 24.2 Å². The van der Waals surface area contributed by atoms with Gasteiger partial charge in [0.05, 0.1) is 19.2 Å². The van der Waals surface area contributed by atoms with E-state index >= 15 is 0 Å². The maximum atomic E-state index is 11.8. The Balaban J connectivity index is 2.59. The van der Waals surface area contributed by atoms with Crippen LogP contribution in [0.2, 0.25) is 5.02 Å². The standard InChI is InChI=1S/C12H13ClN2O5/c1-20-9-4-7(13)2-3-8(9)12(19)15-5-10(16)14-6-11(17)18/h2-4H,5-6H2,1H3,(H,14,16)(H,15,19)(H,17,18). The lowest BCUT2D eigenvalue weighted by molar-refractivity contribution is -0.137. The Hall–Kier alpha value is -2.28. The van der Waals surface area contributed by atoms with Gasteiger partial charge in [-0.25, -0.2) is 0 Å². The predicted molar refractivity (Wildman–Crippen MR) is 71.0 cm³/mol.